The number of nitrogens with one attached hydrogen (secondary N) is 1. The predicted molar refractivity (Wildman–Crippen MR) is 153 cm³/mol. The molecule has 208 valence electrons. The zero-order valence-electron chi connectivity index (χ0n) is 22.5. The van der Waals surface area contributed by atoms with E-state index in [0.29, 0.717) is 22.9 Å². The number of methoxy groups -OCH3 is 1. The molecule has 0 aliphatic carbocycles. The van der Waals surface area contributed by atoms with Gasteiger partial charge in [-0.25, -0.2) is 8.42 Å². The van der Waals surface area contributed by atoms with Gasteiger partial charge in [-0.2, -0.15) is 0 Å². The first-order valence-corrected chi connectivity index (χ1v) is 14.4. The summed E-state index contributed by atoms with van der Waals surface area (Å²) in [5.74, 6) is -0.261. The van der Waals surface area contributed by atoms with E-state index in [1.807, 2.05) is 13.8 Å². The quantitative estimate of drug-likeness (QED) is 0.339. The number of hydrogen-bond donors (Lipinski definition) is 1. The number of ether oxygens (including phenoxy) is 1. The summed E-state index contributed by atoms with van der Waals surface area (Å²) in [5, 5.41) is 3.30. The molecule has 0 aromatic heterocycles. The molecule has 0 spiro atoms. The Morgan fingerprint density at radius 2 is 1.62 bits per heavy atom. The van der Waals surface area contributed by atoms with E-state index in [2.05, 4.69) is 5.32 Å². The van der Waals surface area contributed by atoms with Crippen LogP contribution in [0, 0.1) is 5.92 Å². The van der Waals surface area contributed by atoms with Gasteiger partial charge in [0.15, 0.2) is 0 Å². The van der Waals surface area contributed by atoms with E-state index >= 15 is 0 Å². The number of carbonyl (C=O) groups is 2. The molecule has 39 heavy (non-hydrogen) atoms. The average molecular weight is 572 g/mol. The highest BCUT2D eigenvalue weighted by molar-refractivity contribution is 7.92. The normalized spacial score (nSPS) is 12.1. The molecule has 1 unspecified atom stereocenters. The molecule has 0 heterocycles. The summed E-state index contributed by atoms with van der Waals surface area (Å²) in [6.07, 6.45) is 0. The second kappa shape index (κ2) is 13.5. The summed E-state index contributed by atoms with van der Waals surface area (Å²) in [5.41, 5.74) is 0.885. The van der Waals surface area contributed by atoms with Crippen molar-refractivity contribution in [2.45, 2.75) is 38.3 Å². The van der Waals surface area contributed by atoms with Crippen molar-refractivity contribution in [1.29, 1.82) is 0 Å². The third-order valence-electron chi connectivity index (χ3n) is 6.10. The first kappa shape index (κ1) is 30.0. The predicted octanol–water partition coefficient (Wildman–Crippen LogP) is 4.73. The Hall–Kier alpha value is -3.56. The number of sulfonamides is 1. The van der Waals surface area contributed by atoms with Gasteiger partial charge in [0.2, 0.25) is 11.8 Å². The lowest BCUT2D eigenvalue weighted by Crippen LogP contribution is -2.51. The summed E-state index contributed by atoms with van der Waals surface area (Å²) in [7, 11) is -2.68. The van der Waals surface area contributed by atoms with Crippen LogP contribution in [0.1, 0.15) is 26.3 Å². The molecule has 0 saturated carbocycles. The fourth-order valence-electron chi connectivity index (χ4n) is 3.86. The molecular formula is C29H34ClN3O5S. The van der Waals surface area contributed by atoms with E-state index in [9.17, 15) is 18.0 Å². The number of amides is 2. The first-order valence-electron chi connectivity index (χ1n) is 12.6. The lowest BCUT2D eigenvalue weighted by atomic mass is 10.1. The van der Waals surface area contributed by atoms with Gasteiger partial charge < -0.3 is 15.0 Å². The van der Waals surface area contributed by atoms with Crippen molar-refractivity contribution in [3.05, 3.63) is 89.4 Å². The van der Waals surface area contributed by atoms with Crippen LogP contribution in [0.4, 0.5) is 5.69 Å². The number of hydrogen-bond acceptors (Lipinski definition) is 5. The van der Waals surface area contributed by atoms with Crippen molar-refractivity contribution in [3.63, 3.8) is 0 Å². The summed E-state index contributed by atoms with van der Waals surface area (Å²) >= 11 is 6.39. The number of halogens is 1. The Labute approximate surface area is 235 Å². The fourth-order valence-corrected chi connectivity index (χ4v) is 5.48. The highest BCUT2D eigenvalue weighted by Crippen LogP contribution is 2.28. The van der Waals surface area contributed by atoms with E-state index in [0.717, 1.165) is 4.31 Å². The maximum atomic E-state index is 13.9. The number of benzene rings is 3. The Morgan fingerprint density at radius 3 is 2.26 bits per heavy atom. The third-order valence-corrected chi connectivity index (χ3v) is 8.26. The lowest BCUT2D eigenvalue weighted by Gasteiger charge is -2.32. The zero-order valence-corrected chi connectivity index (χ0v) is 24.1. The molecule has 2 amide bonds. The SMILES string of the molecule is COc1cccc(N(CC(=O)N(Cc2ccccc2Cl)C(C)C(=O)NCC(C)C)S(=O)(=O)c2ccccc2)c1. The molecule has 0 saturated heterocycles. The van der Waals surface area contributed by atoms with Gasteiger partial charge >= 0.3 is 0 Å². The maximum Gasteiger partial charge on any atom is 0.264 e. The fraction of sp³-hybridized carbons (Fsp3) is 0.310. The van der Waals surface area contributed by atoms with Gasteiger partial charge in [0.25, 0.3) is 10.0 Å². The van der Waals surface area contributed by atoms with E-state index in [1.54, 1.807) is 73.7 Å². The van der Waals surface area contributed by atoms with Crippen LogP contribution in [0.25, 0.3) is 0 Å². The molecule has 3 rings (SSSR count). The third kappa shape index (κ3) is 7.74. The second-order valence-electron chi connectivity index (χ2n) is 9.45. The van der Waals surface area contributed by atoms with Gasteiger partial charge in [0.1, 0.15) is 18.3 Å². The van der Waals surface area contributed by atoms with Gasteiger partial charge in [-0.1, -0.05) is 67.9 Å². The topological polar surface area (TPSA) is 96.0 Å². The molecule has 8 nitrogen and oxygen atoms in total. The van der Waals surface area contributed by atoms with E-state index < -0.39 is 28.5 Å². The summed E-state index contributed by atoms with van der Waals surface area (Å²) in [6.45, 7) is 5.47. The van der Waals surface area contributed by atoms with E-state index in [4.69, 9.17) is 16.3 Å². The van der Waals surface area contributed by atoms with Crippen LogP contribution >= 0.6 is 11.6 Å². The highest BCUT2D eigenvalue weighted by Gasteiger charge is 2.33. The molecule has 0 aliphatic heterocycles. The van der Waals surface area contributed by atoms with Crippen LogP contribution in [0.2, 0.25) is 5.02 Å². The molecule has 3 aromatic rings. The van der Waals surface area contributed by atoms with Crippen molar-refractivity contribution in [2.24, 2.45) is 5.92 Å². The summed E-state index contributed by atoms with van der Waals surface area (Å²) in [4.78, 5) is 28.3. The van der Waals surface area contributed by atoms with Crippen LogP contribution in [0.3, 0.4) is 0 Å². The lowest BCUT2D eigenvalue weighted by molar-refractivity contribution is -0.139. The van der Waals surface area contributed by atoms with Crippen molar-refractivity contribution >= 4 is 39.1 Å². The van der Waals surface area contributed by atoms with Crippen molar-refractivity contribution < 1.29 is 22.7 Å². The average Bonchev–Trinajstić information content (AvgIpc) is 2.94. The number of carbonyl (C=O) groups excluding carboxylic acids is 2. The first-order chi connectivity index (χ1) is 18.5. The molecular weight excluding hydrogens is 538 g/mol. The smallest absolute Gasteiger partial charge is 0.264 e. The Balaban J connectivity index is 2.03. The largest absolute Gasteiger partial charge is 0.497 e. The monoisotopic (exact) mass is 571 g/mol. The van der Waals surface area contributed by atoms with Gasteiger partial charge in [-0.15, -0.1) is 0 Å². The Bertz CT molecular complexity index is 1380. The van der Waals surface area contributed by atoms with E-state index in [-0.39, 0.29) is 29.0 Å². The number of rotatable bonds is 12. The number of anilines is 1. The van der Waals surface area contributed by atoms with Crippen molar-refractivity contribution in [3.8, 4) is 5.75 Å². The molecule has 10 heteroatoms. The van der Waals surface area contributed by atoms with Gasteiger partial charge in [0, 0.05) is 24.2 Å². The summed E-state index contributed by atoms with van der Waals surface area (Å²) in [6, 6.07) is 20.5. The van der Waals surface area contributed by atoms with Crippen LogP contribution < -0.4 is 14.4 Å². The minimum atomic E-state index is -4.15. The zero-order chi connectivity index (χ0) is 28.6. The van der Waals surface area contributed by atoms with Gasteiger partial charge in [-0.05, 0) is 48.7 Å². The van der Waals surface area contributed by atoms with Crippen molar-refractivity contribution in [1.82, 2.24) is 10.2 Å². The molecule has 1 atom stereocenters. The summed E-state index contributed by atoms with van der Waals surface area (Å²) < 4.78 is 33.9. The van der Waals surface area contributed by atoms with Gasteiger partial charge in [-0.3, -0.25) is 13.9 Å². The standard InChI is InChI=1S/C29H34ClN3O5S/c1-21(2)18-31-29(35)22(3)32(19-23-11-8-9-16-27(23)30)28(34)20-33(24-12-10-13-25(17-24)38-4)39(36,37)26-14-6-5-7-15-26/h5-17,21-22H,18-20H2,1-4H3,(H,31,35). The molecule has 1 N–H and O–H groups in total. The van der Waals surface area contributed by atoms with Crippen molar-refractivity contribution in [2.75, 3.05) is 24.5 Å². The van der Waals surface area contributed by atoms with Crippen LogP contribution in [-0.4, -0.2) is 51.4 Å². The van der Waals surface area contributed by atoms with Crippen LogP contribution in [0.15, 0.2) is 83.8 Å². The maximum absolute atomic E-state index is 13.9. The number of nitrogens with zero attached hydrogens (tertiary/aromatic N) is 2. The second-order valence-corrected chi connectivity index (χ2v) is 11.7. The van der Waals surface area contributed by atoms with Gasteiger partial charge in [0.05, 0.1) is 17.7 Å². The van der Waals surface area contributed by atoms with E-state index in [1.165, 1.54) is 24.1 Å². The van der Waals surface area contributed by atoms with Crippen LogP contribution in [-0.2, 0) is 26.2 Å². The molecule has 3 aromatic carbocycles. The Morgan fingerprint density at radius 1 is 0.949 bits per heavy atom. The molecule has 0 aliphatic rings. The Kier molecular flexibility index (Phi) is 10.4. The van der Waals surface area contributed by atoms with Crippen LogP contribution in [0.5, 0.6) is 5.75 Å². The minimum absolute atomic E-state index is 0.0199. The molecule has 0 radical (unpaired) electrons. The minimum Gasteiger partial charge on any atom is -0.497 e. The molecule has 0 bridgehead atoms. The molecule has 0 fully saturated rings. The highest BCUT2D eigenvalue weighted by atomic mass is 35.5.